The predicted octanol–water partition coefficient (Wildman–Crippen LogP) is 3.89. The Hall–Kier alpha value is -1.88. The van der Waals surface area contributed by atoms with Crippen molar-refractivity contribution in [2.75, 3.05) is 5.32 Å². The molecule has 0 fully saturated rings. The van der Waals surface area contributed by atoms with Gasteiger partial charge in [0, 0.05) is 17.5 Å². The summed E-state index contributed by atoms with van der Waals surface area (Å²) in [7, 11) is 0. The Morgan fingerprint density at radius 3 is 2.72 bits per heavy atom. The Balaban J connectivity index is 2.20. The van der Waals surface area contributed by atoms with Crippen molar-refractivity contribution in [3.63, 3.8) is 0 Å². The number of nitrogens with one attached hydrogen (secondary N) is 1. The van der Waals surface area contributed by atoms with Gasteiger partial charge in [0.1, 0.15) is 5.69 Å². The lowest BCUT2D eigenvalue weighted by atomic mass is 10.2. The van der Waals surface area contributed by atoms with Crippen molar-refractivity contribution in [1.82, 2.24) is 0 Å². The molecular weight excluding hydrogens is 248 g/mol. The summed E-state index contributed by atoms with van der Waals surface area (Å²) in [5, 5.41) is 16.1. The summed E-state index contributed by atoms with van der Waals surface area (Å²) in [6.45, 7) is 4.58. The Bertz CT molecular complexity index is 578. The molecule has 0 atom stereocenters. The van der Waals surface area contributed by atoms with E-state index in [1.54, 1.807) is 29.5 Å². The van der Waals surface area contributed by atoms with Crippen molar-refractivity contribution in [2.45, 2.75) is 20.4 Å². The third-order valence-corrected chi connectivity index (χ3v) is 3.78. The Kier molecular flexibility index (Phi) is 3.62. The minimum Gasteiger partial charge on any atom is -0.375 e. The third kappa shape index (κ3) is 2.68. The van der Waals surface area contributed by atoms with Gasteiger partial charge in [-0.25, -0.2) is 0 Å². The quantitative estimate of drug-likeness (QED) is 0.672. The monoisotopic (exact) mass is 262 g/mol. The number of hydrogen-bond donors (Lipinski definition) is 1. The van der Waals surface area contributed by atoms with E-state index >= 15 is 0 Å². The molecule has 0 saturated carbocycles. The van der Waals surface area contributed by atoms with Crippen LogP contribution in [0.1, 0.15) is 16.0 Å². The summed E-state index contributed by atoms with van der Waals surface area (Å²) in [5.41, 5.74) is 2.91. The number of benzene rings is 1. The van der Waals surface area contributed by atoms with E-state index in [1.807, 2.05) is 25.3 Å². The summed E-state index contributed by atoms with van der Waals surface area (Å²) >= 11 is 1.65. The SMILES string of the molecule is Cc1ccc([N+](=O)[O-])c(NCc2sccc2C)c1. The molecule has 2 aromatic rings. The van der Waals surface area contributed by atoms with Crippen molar-refractivity contribution in [1.29, 1.82) is 0 Å². The molecule has 2 rings (SSSR count). The molecule has 1 N–H and O–H groups in total. The van der Waals surface area contributed by atoms with Crippen molar-refractivity contribution in [3.8, 4) is 0 Å². The molecule has 5 heteroatoms. The van der Waals surface area contributed by atoms with Gasteiger partial charge in [-0.1, -0.05) is 6.07 Å². The molecule has 0 saturated heterocycles. The smallest absolute Gasteiger partial charge is 0.292 e. The molecule has 0 bridgehead atoms. The largest absolute Gasteiger partial charge is 0.375 e. The Morgan fingerprint density at radius 1 is 1.33 bits per heavy atom. The second-order valence-electron chi connectivity index (χ2n) is 4.16. The number of thiophene rings is 1. The minimum absolute atomic E-state index is 0.120. The second kappa shape index (κ2) is 5.18. The average molecular weight is 262 g/mol. The summed E-state index contributed by atoms with van der Waals surface area (Å²) in [6, 6.07) is 7.14. The zero-order valence-corrected chi connectivity index (χ0v) is 11.1. The van der Waals surface area contributed by atoms with Crippen LogP contribution in [0.4, 0.5) is 11.4 Å². The molecule has 0 aliphatic carbocycles. The van der Waals surface area contributed by atoms with Crippen LogP contribution in [-0.2, 0) is 6.54 Å². The second-order valence-corrected chi connectivity index (χ2v) is 5.16. The van der Waals surface area contributed by atoms with Crippen LogP contribution in [0, 0.1) is 24.0 Å². The van der Waals surface area contributed by atoms with Gasteiger partial charge < -0.3 is 5.32 Å². The number of hydrogen-bond acceptors (Lipinski definition) is 4. The van der Waals surface area contributed by atoms with Gasteiger partial charge >= 0.3 is 0 Å². The number of nitro groups is 1. The highest BCUT2D eigenvalue weighted by Crippen LogP contribution is 2.26. The van der Waals surface area contributed by atoms with Crippen LogP contribution in [0.15, 0.2) is 29.6 Å². The molecular formula is C13H14N2O2S. The number of nitrogens with zero attached hydrogens (tertiary/aromatic N) is 1. The maximum Gasteiger partial charge on any atom is 0.292 e. The van der Waals surface area contributed by atoms with Gasteiger partial charge in [-0.15, -0.1) is 11.3 Å². The van der Waals surface area contributed by atoms with Gasteiger partial charge in [0.25, 0.3) is 5.69 Å². The average Bonchev–Trinajstić information content (AvgIpc) is 2.72. The van der Waals surface area contributed by atoms with E-state index in [4.69, 9.17) is 0 Å². The molecule has 0 aliphatic heterocycles. The van der Waals surface area contributed by atoms with Gasteiger partial charge in [-0.05, 0) is 42.5 Å². The molecule has 0 radical (unpaired) electrons. The summed E-state index contributed by atoms with van der Waals surface area (Å²) < 4.78 is 0. The number of anilines is 1. The third-order valence-electron chi connectivity index (χ3n) is 2.76. The molecule has 0 aliphatic rings. The lowest BCUT2D eigenvalue weighted by Crippen LogP contribution is -2.02. The van der Waals surface area contributed by atoms with E-state index in [0.717, 1.165) is 5.56 Å². The first-order valence-electron chi connectivity index (χ1n) is 5.60. The highest BCUT2D eigenvalue weighted by Gasteiger charge is 2.13. The molecule has 4 nitrogen and oxygen atoms in total. The van der Waals surface area contributed by atoms with Crippen LogP contribution in [0.2, 0.25) is 0 Å². The van der Waals surface area contributed by atoms with Crippen LogP contribution in [0.3, 0.4) is 0 Å². The summed E-state index contributed by atoms with van der Waals surface area (Å²) in [5.74, 6) is 0. The van der Waals surface area contributed by atoms with Gasteiger partial charge in [-0.2, -0.15) is 0 Å². The van der Waals surface area contributed by atoms with Crippen molar-refractivity contribution in [3.05, 3.63) is 55.8 Å². The van der Waals surface area contributed by atoms with Crippen LogP contribution >= 0.6 is 11.3 Å². The first-order valence-corrected chi connectivity index (χ1v) is 6.48. The molecule has 0 spiro atoms. The molecule has 18 heavy (non-hydrogen) atoms. The van der Waals surface area contributed by atoms with Crippen molar-refractivity contribution < 1.29 is 4.92 Å². The minimum atomic E-state index is -0.358. The Morgan fingerprint density at radius 2 is 2.11 bits per heavy atom. The fraction of sp³-hybridized carbons (Fsp3) is 0.231. The fourth-order valence-electron chi connectivity index (χ4n) is 1.71. The first kappa shape index (κ1) is 12.6. The molecule has 1 aromatic heterocycles. The lowest BCUT2D eigenvalue weighted by Gasteiger charge is -2.07. The highest BCUT2D eigenvalue weighted by atomic mass is 32.1. The van der Waals surface area contributed by atoms with Crippen molar-refractivity contribution >= 4 is 22.7 Å². The van der Waals surface area contributed by atoms with E-state index in [2.05, 4.69) is 5.32 Å². The van der Waals surface area contributed by atoms with Gasteiger partial charge in [0.05, 0.1) is 4.92 Å². The van der Waals surface area contributed by atoms with Crippen LogP contribution in [0.5, 0.6) is 0 Å². The van der Waals surface area contributed by atoms with Crippen LogP contribution < -0.4 is 5.32 Å². The zero-order valence-electron chi connectivity index (χ0n) is 10.3. The first-order chi connectivity index (χ1) is 8.58. The molecule has 0 amide bonds. The Labute approximate surface area is 109 Å². The van der Waals surface area contributed by atoms with Crippen LogP contribution in [0.25, 0.3) is 0 Å². The number of rotatable bonds is 4. The number of aryl methyl sites for hydroxylation is 2. The van der Waals surface area contributed by atoms with Crippen LogP contribution in [-0.4, -0.2) is 4.92 Å². The molecule has 94 valence electrons. The highest BCUT2D eigenvalue weighted by molar-refractivity contribution is 7.10. The summed E-state index contributed by atoms with van der Waals surface area (Å²) in [6.07, 6.45) is 0. The summed E-state index contributed by atoms with van der Waals surface area (Å²) in [4.78, 5) is 11.8. The van der Waals surface area contributed by atoms with Crippen molar-refractivity contribution in [2.24, 2.45) is 0 Å². The standard InChI is InChI=1S/C13H14N2O2S/c1-9-3-4-12(15(16)17)11(7-9)14-8-13-10(2)5-6-18-13/h3-7,14H,8H2,1-2H3. The molecule has 1 heterocycles. The van der Waals surface area contributed by atoms with Gasteiger partial charge in [-0.3, -0.25) is 10.1 Å². The van der Waals surface area contributed by atoms with E-state index in [-0.39, 0.29) is 10.6 Å². The zero-order chi connectivity index (χ0) is 13.1. The number of nitro benzene ring substituents is 1. The maximum atomic E-state index is 10.9. The van der Waals surface area contributed by atoms with E-state index in [9.17, 15) is 10.1 Å². The fourth-order valence-corrected chi connectivity index (χ4v) is 2.56. The van der Waals surface area contributed by atoms with E-state index in [0.29, 0.717) is 12.2 Å². The van der Waals surface area contributed by atoms with Gasteiger partial charge in [0.15, 0.2) is 0 Å². The van der Waals surface area contributed by atoms with E-state index in [1.165, 1.54) is 10.4 Å². The normalized spacial score (nSPS) is 10.3. The molecule has 1 aromatic carbocycles. The maximum absolute atomic E-state index is 10.9. The molecule has 0 unspecified atom stereocenters. The lowest BCUT2D eigenvalue weighted by molar-refractivity contribution is -0.384. The van der Waals surface area contributed by atoms with E-state index < -0.39 is 0 Å². The topological polar surface area (TPSA) is 55.2 Å². The predicted molar refractivity (Wildman–Crippen MR) is 74.2 cm³/mol. The van der Waals surface area contributed by atoms with Gasteiger partial charge in [0.2, 0.25) is 0 Å².